The van der Waals surface area contributed by atoms with Gasteiger partial charge in [0.15, 0.2) is 5.96 Å². The van der Waals surface area contributed by atoms with E-state index in [1.807, 2.05) is 18.2 Å². The van der Waals surface area contributed by atoms with Crippen molar-refractivity contribution in [2.24, 2.45) is 10.9 Å². The summed E-state index contributed by atoms with van der Waals surface area (Å²) in [6.45, 7) is 11.9. The fraction of sp³-hybridized carbons (Fsp3) is 0.667. The number of hydrogen-bond acceptors (Lipinski definition) is 3. The summed E-state index contributed by atoms with van der Waals surface area (Å²) in [7, 11) is 0. The van der Waals surface area contributed by atoms with Gasteiger partial charge >= 0.3 is 0 Å². The van der Waals surface area contributed by atoms with Gasteiger partial charge in [-0.3, -0.25) is 4.99 Å². The van der Waals surface area contributed by atoms with Crippen molar-refractivity contribution >= 4 is 23.2 Å². The van der Waals surface area contributed by atoms with Gasteiger partial charge in [-0.05, 0) is 63.4 Å². The van der Waals surface area contributed by atoms with Crippen LogP contribution < -0.4 is 15.5 Å². The molecule has 2 heterocycles. The number of aliphatic imine (C=N–C) groups is 1. The molecule has 0 bridgehead atoms. The molecule has 6 heteroatoms. The minimum absolute atomic E-state index is 0.418. The molecule has 2 N–H and O–H groups in total. The van der Waals surface area contributed by atoms with Crippen molar-refractivity contribution in [3.8, 4) is 0 Å². The summed E-state index contributed by atoms with van der Waals surface area (Å²) in [4.78, 5) is 9.86. The minimum atomic E-state index is 0.418. The van der Waals surface area contributed by atoms with Crippen molar-refractivity contribution in [1.82, 2.24) is 15.5 Å². The third-order valence-electron chi connectivity index (χ3n) is 5.46. The van der Waals surface area contributed by atoms with Crippen LogP contribution in [0.25, 0.3) is 0 Å². The number of rotatable bonds is 7. The lowest BCUT2D eigenvalue weighted by atomic mass is 10.1. The van der Waals surface area contributed by atoms with Gasteiger partial charge in [-0.2, -0.15) is 0 Å². The molecule has 0 aromatic heterocycles. The second kappa shape index (κ2) is 10.2. The number of halogens is 1. The van der Waals surface area contributed by atoms with Crippen LogP contribution in [0.4, 0.5) is 5.69 Å². The maximum absolute atomic E-state index is 6.14. The van der Waals surface area contributed by atoms with Gasteiger partial charge in [0, 0.05) is 49.5 Å². The van der Waals surface area contributed by atoms with E-state index in [2.05, 4.69) is 40.3 Å². The van der Waals surface area contributed by atoms with Crippen molar-refractivity contribution in [3.63, 3.8) is 0 Å². The van der Waals surface area contributed by atoms with Gasteiger partial charge in [0.05, 0.1) is 0 Å². The highest BCUT2D eigenvalue weighted by Crippen LogP contribution is 2.23. The van der Waals surface area contributed by atoms with Crippen LogP contribution in [-0.2, 0) is 0 Å². The Morgan fingerprint density at radius 1 is 1.22 bits per heavy atom. The molecule has 27 heavy (non-hydrogen) atoms. The SMILES string of the molecule is CCCN1CCC(CN=C(NCC)NC2CCN(c3cccc(Cl)c3)C2)C1. The highest BCUT2D eigenvalue weighted by molar-refractivity contribution is 6.30. The largest absolute Gasteiger partial charge is 0.369 e. The molecule has 5 nitrogen and oxygen atoms in total. The molecule has 2 aliphatic rings. The summed E-state index contributed by atoms with van der Waals surface area (Å²) in [5.41, 5.74) is 1.20. The normalized spacial score (nSPS) is 23.8. The van der Waals surface area contributed by atoms with Gasteiger partial charge < -0.3 is 20.4 Å². The number of likely N-dealkylation sites (tertiary alicyclic amines) is 1. The van der Waals surface area contributed by atoms with Crippen LogP contribution in [0.3, 0.4) is 0 Å². The number of benzene rings is 1. The summed E-state index contributed by atoms with van der Waals surface area (Å²) in [5.74, 6) is 1.66. The maximum atomic E-state index is 6.14. The molecular formula is C21H34ClN5. The van der Waals surface area contributed by atoms with E-state index in [0.29, 0.717) is 12.0 Å². The molecule has 2 atom stereocenters. The second-order valence-electron chi connectivity index (χ2n) is 7.73. The number of hydrogen-bond donors (Lipinski definition) is 2. The zero-order valence-corrected chi connectivity index (χ0v) is 17.5. The topological polar surface area (TPSA) is 42.9 Å². The lowest BCUT2D eigenvalue weighted by Crippen LogP contribution is -2.45. The Bertz CT molecular complexity index is 620. The first-order valence-electron chi connectivity index (χ1n) is 10.5. The van der Waals surface area contributed by atoms with Crippen LogP contribution in [0.1, 0.15) is 33.1 Å². The number of nitrogens with one attached hydrogen (secondary N) is 2. The minimum Gasteiger partial charge on any atom is -0.369 e. The molecule has 0 saturated carbocycles. The Labute approximate surface area is 169 Å². The van der Waals surface area contributed by atoms with Crippen molar-refractivity contribution in [2.45, 2.75) is 39.2 Å². The molecule has 1 aromatic carbocycles. The van der Waals surface area contributed by atoms with E-state index in [-0.39, 0.29) is 0 Å². The monoisotopic (exact) mass is 391 g/mol. The summed E-state index contributed by atoms with van der Waals surface area (Å²) < 4.78 is 0. The van der Waals surface area contributed by atoms with Gasteiger partial charge in [-0.1, -0.05) is 24.6 Å². The molecule has 0 aliphatic carbocycles. The van der Waals surface area contributed by atoms with E-state index in [4.69, 9.17) is 16.6 Å². The molecule has 0 radical (unpaired) electrons. The van der Waals surface area contributed by atoms with Gasteiger partial charge in [-0.25, -0.2) is 0 Å². The summed E-state index contributed by atoms with van der Waals surface area (Å²) in [6.07, 6.45) is 3.63. The zero-order valence-electron chi connectivity index (χ0n) is 16.8. The van der Waals surface area contributed by atoms with E-state index in [1.165, 1.54) is 38.2 Å². The Morgan fingerprint density at radius 3 is 2.89 bits per heavy atom. The van der Waals surface area contributed by atoms with Crippen molar-refractivity contribution < 1.29 is 0 Å². The van der Waals surface area contributed by atoms with E-state index in [0.717, 1.165) is 43.6 Å². The lowest BCUT2D eigenvalue weighted by molar-refractivity contribution is 0.326. The molecule has 2 saturated heterocycles. The highest BCUT2D eigenvalue weighted by atomic mass is 35.5. The standard InChI is InChI=1S/C21H34ClN5/c1-3-10-26-11-8-17(15-26)14-24-21(23-4-2)25-19-9-12-27(16-19)20-7-5-6-18(22)13-20/h5-7,13,17,19H,3-4,8-12,14-16H2,1-2H3,(H2,23,24,25). The average Bonchev–Trinajstić information content (AvgIpc) is 3.30. The van der Waals surface area contributed by atoms with Crippen LogP contribution in [-0.4, -0.2) is 62.7 Å². The summed E-state index contributed by atoms with van der Waals surface area (Å²) in [6, 6.07) is 8.55. The fourth-order valence-electron chi connectivity index (χ4n) is 4.10. The Morgan fingerprint density at radius 2 is 2.11 bits per heavy atom. The molecule has 2 aliphatic heterocycles. The first-order chi connectivity index (χ1) is 13.2. The molecule has 3 rings (SSSR count). The number of guanidine groups is 1. The van der Waals surface area contributed by atoms with Crippen molar-refractivity contribution in [1.29, 1.82) is 0 Å². The molecule has 0 amide bonds. The number of nitrogens with zero attached hydrogens (tertiary/aromatic N) is 3. The van der Waals surface area contributed by atoms with Crippen LogP contribution >= 0.6 is 11.6 Å². The van der Waals surface area contributed by atoms with Gasteiger partial charge in [0.25, 0.3) is 0 Å². The molecule has 2 unspecified atom stereocenters. The van der Waals surface area contributed by atoms with E-state index in [1.54, 1.807) is 0 Å². The van der Waals surface area contributed by atoms with E-state index < -0.39 is 0 Å². The molecular weight excluding hydrogens is 358 g/mol. The second-order valence-corrected chi connectivity index (χ2v) is 8.17. The average molecular weight is 392 g/mol. The predicted molar refractivity (Wildman–Crippen MR) is 116 cm³/mol. The highest BCUT2D eigenvalue weighted by Gasteiger charge is 2.24. The third kappa shape index (κ3) is 6.01. The van der Waals surface area contributed by atoms with Crippen molar-refractivity contribution in [3.05, 3.63) is 29.3 Å². The maximum Gasteiger partial charge on any atom is 0.191 e. The first-order valence-corrected chi connectivity index (χ1v) is 10.8. The molecule has 150 valence electrons. The first kappa shape index (κ1) is 20.3. The van der Waals surface area contributed by atoms with E-state index in [9.17, 15) is 0 Å². The number of anilines is 1. The third-order valence-corrected chi connectivity index (χ3v) is 5.70. The quantitative estimate of drug-likeness (QED) is 0.553. The van der Waals surface area contributed by atoms with Gasteiger partial charge in [0.1, 0.15) is 0 Å². The zero-order chi connectivity index (χ0) is 19.1. The van der Waals surface area contributed by atoms with Gasteiger partial charge in [0.2, 0.25) is 0 Å². The van der Waals surface area contributed by atoms with Crippen LogP contribution in [0.15, 0.2) is 29.3 Å². The predicted octanol–water partition coefficient (Wildman–Crippen LogP) is 3.21. The van der Waals surface area contributed by atoms with Gasteiger partial charge in [-0.15, -0.1) is 0 Å². The summed E-state index contributed by atoms with van der Waals surface area (Å²) in [5, 5.41) is 7.86. The fourth-order valence-corrected chi connectivity index (χ4v) is 4.28. The Balaban J connectivity index is 1.51. The molecule has 1 aromatic rings. The van der Waals surface area contributed by atoms with E-state index >= 15 is 0 Å². The van der Waals surface area contributed by atoms with Crippen LogP contribution in [0.5, 0.6) is 0 Å². The summed E-state index contributed by atoms with van der Waals surface area (Å²) >= 11 is 6.14. The Hall–Kier alpha value is -1.46. The molecule has 0 spiro atoms. The van der Waals surface area contributed by atoms with Crippen LogP contribution in [0, 0.1) is 5.92 Å². The van der Waals surface area contributed by atoms with Crippen molar-refractivity contribution in [2.75, 3.05) is 50.7 Å². The smallest absolute Gasteiger partial charge is 0.191 e. The lowest BCUT2D eigenvalue weighted by Gasteiger charge is -2.21. The Kier molecular flexibility index (Phi) is 7.65. The molecule has 2 fully saturated rings. The van der Waals surface area contributed by atoms with Crippen LogP contribution in [0.2, 0.25) is 5.02 Å².